The van der Waals surface area contributed by atoms with Crippen LogP contribution in [0.1, 0.15) is 46.0 Å². The van der Waals surface area contributed by atoms with Crippen LogP contribution < -0.4 is 0 Å². The molecule has 0 radical (unpaired) electrons. The normalized spacial score (nSPS) is 25.0. The molecular weight excluding hydrogens is 120 g/mol. The summed E-state index contributed by atoms with van der Waals surface area (Å²) < 4.78 is 0. The first-order valence-corrected chi connectivity index (χ1v) is 4.52. The van der Waals surface area contributed by atoms with Crippen molar-refractivity contribution in [3.8, 4) is 0 Å². The van der Waals surface area contributed by atoms with Gasteiger partial charge in [-0.25, -0.2) is 0 Å². The highest BCUT2D eigenvalue weighted by molar-refractivity contribution is 5.09. The average Bonchev–Trinajstić information content (AvgIpc) is 2.31. The van der Waals surface area contributed by atoms with Crippen LogP contribution in [-0.4, -0.2) is 0 Å². The van der Waals surface area contributed by atoms with E-state index in [9.17, 15) is 0 Å². The number of unbranched alkanes of at least 4 members (excludes halogenated alkanes) is 1. The molecule has 1 rings (SSSR count). The molecule has 0 nitrogen and oxygen atoms in total. The van der Waals surface area contributed by atoms with Crippen molar-refractivity contribution in [1.82, 2.24) is 0 Å². The SMILES string of the molecule is CCCCC1=C[C@H](C)CC1. The lowest BCUT2D eigenvalue weighted by atomic mass is 10.1. The standard InChI is InChI=1S/C10H18/c1-3-4-5-10-7-6-9(2)8-10/h8-9H,3-7H2,1-2H3/t9-/m1/s1. The van der Waals surface area contributed by atoms with E-state index in [1.807, 2.05) is 0 Å². The van der Waals surface area contributed by atoms with Crippen LogP contribution in [0.5, 0.6) is 0 Å². The second-order valence-corrected chi connectivity index (χ2v) is 3.44. The predicted octanol–water partition coefficient (Wildman–Crippen LogP) is 3.53. The number of allylic oxidation sites excluding steroid dienone is 2. The van der Waals surface area contributed by atoms with Crippen LogP contribution in [0.4, 0.5) is 0 Å². The second-order valence-electron chi connectivity index (χ2n) is 3.44. The minimum Gasteiger partial charge on any atom is -0.0825 e. The van der Waals surface area contributed by atoms with Crippen molar-refractivity contribution >= 4 is 0 Å². The maximum Gasteiger partial charge on any atom is -0.0256 e. The topological polar surface area (TPSA) is 0 Å². The van der Waals surface area contributed by atoms with Crippen LogP contribution in [0.15, 0.2) is 11.6 Å². The van der Waals surface area contributed by atoms with Crippen LogP contribution in [-0.2, 0) is 0 Å². The lowest BCUT2D eigenvalue weighted by molar-refractivity contribution is 0.688. The number of rotatable bonds is 3. The molecule has 0 aromatic carbocycles. The summed E-state index contributed by atoms with van der Waals surface area (Å²) in [6, 6.07) is 0. The fourth-order valence-electron chi connectivity index (χ4n) is 1.59. The van der Waals surface area contributed by atoms with Gasteiger partial charge in [-0.05, 0) is 31.6 Å². The quantitative estimate of drug-likeness (QED) is 0.523. The molecule has 58 valence electrons. The summed E-state index contributed by atoms with van der Waals surface area (Å²) in [5.74, 6) is 0.867. The summed E-state index contributed by atoms with van der Waals surface area (Å²) >= 11 is 0. The van der Waals surface area contributed by atoms with Gasteiger partial charge in [-0.2, -0.15) is 0 Å². The molecule has 0 aromatic heterocycles. The van der Waals surface area contributed by atoms with E-state index in [1.165, 1.54) is 32.1 Å². The molecule has 0 aromatic rings. The van der Waals surface area contributed by atoms with Gasteiger partial charge in [0.1, 0.15) is 0 Å². The Labute approximate surface area is 64.3 Å². The first-order valence-electron chi connectivity index (χ1n) is 4.52. The molecule has 1 atom stereocenters. The van der Waals surface area contributed by atoms with Crippen LogP contribution in [0.2, 0.25) is 0 Å². The summed E-state index contributed by atoms with van der Waals surface area (Å²) in [6.45, 7) is 4.58. The Morgan fingerprint density at radius 3 is 2.90 bits per heavy atom. The maximum absolute atomic E-state index is 2.47. The largest absolute Gasteiger partial charge is 0.0825 e. The molecule has 0 saturated heterocycles. The third-order valence-corrected chi connectivity index (χ3v) is 2.29. The first-order chi connectivity index (χ1) is 4.83. The zero-order valence-electron chi connectivity index (χ0n) is 7.19. The molecule has 10 heavy (non-hydrogen) atoms. The summed E-state index contributed by atoms with van der Waals surface area (Å²) in [5.41, 5.74) is 1.72. The molecule has 1 aliphatic rings. The Morgan fingerprint density at radius 1 is 1.60 bits per heavy atom. The lowest BCUT2D eigenvalue weighted by Gasteiger charge is -1.96. The van der Waals surface area contributed by atoms with E-state index in [4.69, 9.17) is 0 Å². The van der Waals surface area contributed by atoms with E-state index in [0.29, 0.717) is 0 Å². The Hall–Kier alpha value is -0.260. The zero-order valence-corrected chi connectivity index (χ0v) is 7.19. The molecular formula is C10H18. The molecule has 0 heteroatoms. The fourth-order valence-corrected chi connectivity index (χ4v) is 1.59. The number of hydrogen-bond acceptors (Lipinski definition) is 0. The van der Waals surface area contributed by atoms with E-state index < -0.39 is 0 Å². The van der Waals surface area contributed by atoms with Gasteiger partial charge in [-0.15, -0.1) is 0 Å². The van der Waals surface area contributed by atoms with Gasteiger partial charge in [0.15, 0.2) is 0 Å². The third-order valence-electron chi connectivity index (χ3n) is 2.29. The molecule has 0 N–H and O–H groups in total. The predicted molar refractivity (Wildman–Crippen MR) is 46.0 cm³/mol. The molecule has 0 unspecified atom stereocenters. The lowest BCUT2D eigenvalue weighted by Crippen LogP contribution is -1.77. The molecule has 0 heterocycles. The van der Waals surface area contributed by atoms with Crippen molar-refractivity contribution in [2.24, 2.45) is 5.92 Å². The summed E-state index contributed by atoms with van der Waals surface area (Å²) in [6.07, 6.45) is 9.33. The van der Waals surface area contributed by atoms with Crippen molar-refractivity contribution in [2.45, 2.75) is 46.0 Å². The average molecular weight is 138 g/mol. The molecule has 0 saturated carbocycles. The maximum atomic E-state index is 2.47. The summed E-state index contributed by atoms with van der Waals surface area (Å²) in [5, 5.41) is 0. The molecule has 0 spiro atoms. The monoisotopic (exact) mass is 138 g/mol. The molecule has 0 fully saturated rings. The van der Waals surface area contributed by atoms with Crippen molar-refractivity contribution in [3.63, 3.8) is 0 Å². The van der Waals surface area contributed by atoms with Crippen LogP contribution in [0, 0.1) is 5.92 Å². The van der Waals surface area contributed by atoms with Crippen molar-refractivity contribution < 1.29 is 0 Å². The van der Waals surface area contributed by atoms with E-state index in [0.717, 1.165) is 5.92 Å². The summed E-state index contributed by atoms with van der Waals surface area (Å²) in [7, 11) is 0. The first kappa shape index (κ1) is 7.84. The van der Waals surface area contributed by atoms with Crippen molar-refractivity contribution in [2.75, 3.05) is 0 Å². The van der Waals surface area contributed by atoms with Gasteiger partial charge >= 0.3 is 0 Å². The van der Waals surface area contributed by atoms with Gasteiger partial charge in [0.2, 0.25) is 0 Å². The van der Waals surface area contributed by atoms with E-state index in [1.54, 1.807) is 5.57 Å². The fraction of sp³-hybridized carbons (Fsp3) is 0.800. The van der Waals surface area contributed by atoms with Gasteiger partial charge in [-0.1, -0.05) is 31.9 Å². The van der Waals surface area contributed by atoms with Gasteiger partial charge in [0, 0.05) is 0 Å². The van der Waals surface area contributed by atoms with Crippen LogP contribution in [0.3, 0.4) is 0 Å². The Balaban J connectivity index is 2.22. The minimum absolute atomic E-state index is 0.867. The molecule has 0 aliphatic heterocycles. The van der Waals surface area contributed by atoms with Gasteiger partial charge < -0.3 is 0 Å². The highest BCUT2D eigenvalue weighted by Gasteiger charge is 2.09. The van der Waals surface area contributed by atoms with Crippen molar-refractivity contribution in [3.05, 3.63) is 11.6 Å². The minimum atomic E-state index is 0.867. The highest BCUT2D eigenvalue weighted by Crippen LogP contribution is 2.26. The van der Waals surface area contributed by atoms with Crippen LogP contribution in [0.25, 0.3) is 0 Å². The number of hydrogen-bond donors (Lipinski definition) is 0. The second kappa shape index (κ2) is 3.80. The molecule has 0 amide bonds. The Kier molecular flexibility index (Phi) is 2.98. The Bertz CT molecular complexity index is 122. The van der Waals surface area contributed by atoms with E-state index in [-0.39, 0.29) is 0 Å². The van der Waals surface area contributed by atoms with Crippen molar-refractivity contribution in [1.29, 1.82) is 0 Å². The zero-order chi connectivity index (χ0) is 7.40. The van der Waals surface area contributed by atoms with E-state index in [2.05, 4.69) is 19.9 Å². The van der Waals surface area contributed by atoms with Gasteiger partial charge in [0.25, 0.3) is 0 Å². The molecule has 1 aliphatic carbocycles. The van der Waals surface area contributed by atoms with Gasteiger partial charge in [0.05, 0.1) is 0 Å². The van der Waals surface area contributed by atoms with Crippen LogP contribution >= 0.6 is 0 Å². The summed E-state index contributed by atoms with van der Waals surface area (Å²) in [4.78, 5) is 0. The highest BCUT2D eigenvalue weighted by atomic mass is 14.2. The molecule has 0 bridgehead atoms. The smallest absolute Gasteiger partial charge is 0.0256 e. The third kappa shape index (κ3) is 2.17. The Morgan fingerprint density at radius 2 is 2.40 bits per heavy atom. The van der Waals surface area contributed by atoms with E-state index >= 15 is 0 Å². The van der Waals surface area contributed by atoms with Gasteiger partial charge in [-0.3, -0.25) is 0 Å².